The normalized spacial score (nSPS) is 23.1. The van der Waals surface area contributed by atoms with Gasteiger partial charge in [-0.2, -0.15) is 0 Å². The number of anilines is 1. The minimum atomic E-state index is -0.135. The van der Waals surface area contributed by atoms with E-state index in [0.29, 0.717) is 27.2 Å². The van der Waals surface area contributed by atoms with Crippen LogP contribution in [0.15, 0.2) is 12.1 Å². The summed E-state index contributed by atoms with van der Waals surface area (Å²) in [4.78, 5) is 12.2. The number of carbonyl (C=O) groups is 1. The molecule has 104 valence electrons. The van der Waals surface area contributed by atoms with Gasteiger partial charge in [0.25, 0.3) is 5.91 Å². The molecule has 3 nitrogen and oxygen atoms in total. The van der Waals surface area contributed by atoms with Crippen molar-refractivity contribution in [1.29, 1.82) is 0 Å². The molecule has 1 aliphatic rings. The van der Waals surface area contributed by atoms with Gasteiger partial charge in [0.15, 0.2) is 0 Å². The van der Waals surface area contributed by atoms with Crippen molar-refractivity contribution >= 4 is 34.8 Å². The molecule has 2 unspecified atom stereocenters. The second-order valence-electron chi connectivity index (χ2n) is 5.20. The third-order valence-corrected chi connectivity index (χ3v) is 4.56. The number of hydrogen-bond donors (Lipinski definition) is 2. The van der Waals surface area contributed by atoms with E-state index >= 15 is 0 Å². The highest BCUT2D eigenvalue weighted by Crippen LogP contribution is 2.30. The summed E-state index contributed by atoms with van der Waals surface area (Å²) < 4.78 is 0. The van der Waals surface area contributed by atoms with Gasteiger partial charge in [0.2, 0.25) is 0 Å². The standard InChI is InChI=1S/C14H18Cl2N2O/c1-8-4-2-3-5-12(8)18-14(19)9-6-10(15)13(16)11(17)7-9/h6-8,12H,2-5,17H2,1H3,(H,18,19). The molecule has 1 amide bonds. The molecule has 2 atom stereocenters. The highest BCUT2D eigenvalue weighted by molar-refractivity contribution is 6.43. The smallest absolute Gasteiger partial charge is 0.251 e. The van der Waals surface area contributed by atoms with Gasteiger partial charge in [-0.15, -0.1) is 0 Å². The van der Waals surface area contributed by atoms with Crippen molar-refractivity contribution < 1.29 is 4.79 Å². The Morgan fingerprint density at radius 2 is 2.00 bits per heavy atom. The Morgan fingerprint density at radius 1 is 1.32 bits per heavy atom. The zero-order valence-electron chi connectivity index (χ0n) is 10.9. The maximum atomic E-state index is 12.2. The lowest BCUT2D eigenvalue weighted by molar-refractivity contribution is 0.0910. The number of rotatable bonds is 2. The fourth-order valence-corrected chi connectivity index (χ4v) is 2.86. The van der Waals surface area contributed by atoms with Gasteiger partial charge in [-0.3, -0.25) is 4.79 Å². The number of carbonyl (C=O) groups excluding carboxylic acids is 1. The van der Waals surface area contributed by atoms with Crippen LogP contribution in [0, 0.1) is 5.92 Å². The first-order chi connectivity index (χ1) is 8.99. The predicted molar refractivity (Wildman–Crippen MR) is 79.8 cm³/mol. The number of benzene rings is 1. The van der Waals surface area contributed by atoms with Crippen LogP contribution in [0.2, 0.25) is 10.0 Å². The quantitative estimate of drug-likeness (QED) is 0.814. The Hall–Kier alpha value is -0.930. The molecule has 1 aliphatic carbocycles. The summed E-state index contributed by atoms with van der Waals surface area (Å²) in [7, 11) is 0. The molecule has 0 radical (unpaired) electrons. The van der Waals surface area contributed by atoms with Crippen molar-refractivity contribution in [3.05, 3.63) is 27.7 Å². The molecule has 2 rings (SSSR count). The number of nitrogen functional groups attached to an aromatic ring is 1. The summed E-state index contributed by atoms with van der Waals surface area (Å²) >= 11 is 11.8. The largest absolute Gasteiger partial charge is 0.397 e. The van der Waals surface area contributed by atoms with E-state index in [2.05, 4.69) is 12.2 Å². The van der Waals surface area contributed by atoms with Crippen LogP contribution in [0.3, 0.4) is 0 Å². The van der Waals surface area contributed by atoms with Crippen LogP contribution < -0.4 is 11.1 Å². The van der Waals surface area contributed by atoms with Crippen molar-refractivity contribution in [1.82, 2.24) is 5.32 Å². The van der Waals surface area contributed by atoms with E-state index in [-0.39, 0.29) is 11.9 Å². The average molecular weight is 301 g/mol. The Bertz CT molecular complexity index is 467. The molecule has 0 bridgehead atoms. The van der Waals surface area contributed by atoms with Crippen molar-refractivity contribution in [2.24, 2.45) is 5.92 Å². The van der Waals surface area contributed by atoms with Gasteiger partial charge < -0.3 is 11.1 Å². The van der Waals surface area contributed by atoms with Crippen LogP contribution in [0.25, 0.3) is 0 Å². The molecule has 1 aromatic rings. The Labute approximate surface area is 123 Å². The summed E-state index contributed by atoms with van der Waals surface area (Å²) in [6, 6.07) is 3.36. The number of nitrogens with two attached hydrogens (primary N) is 1. The molecular weight excluding hydrogens is 283 g/mol. The number of halogens is 2. The third kappa shape index (κ3) is 3.34. The topological polar surface area (TPSA) is 55.1 Å². The summed E-state index contributed by atoms with van der Waals surface area (Å²) in [6.07, 6.45) is 4.60. The first-order valence-electron chi connectivity index (χ1n) is 6.54. The monoisotopic (exact) mass is 300 g/mol. The maximum Gasteiger partial charge on any atom is 0.251 e. The maximum absolute atomic E-state index is 12.2. The van der Waals surface area contributed by atoms with Crippen molar-refractivity contribution in [3.8, 4) is 0 Å². The molecular formula is C14H18Cl2N2O. The molecule has 0 spiro atoms. The van der Waals surface area contributed by atoms with E-state index in [1.165, 1.54) is 12.8 Å². The van der Waals surface area contributed by atoms with Gasteiger partial charge in [0.1, 0.15) is 0 Å². The SMILES string of the molecule is CC1CCCCC1NC(=O)c1cc(N)c(Cl)c(Cl)c1. The van der Waals surface area contributed by atoms with Crippen molar-refractivity contribution in [2.45, 2.75) is 38.6 Å². The van der Waals surface area contributed by atoms with E-state index in [1.807, 2.05) is 0 Å². The first-order valence-corrected chi connectivity index (χ1v) is 7.30. The second kappa shape index (κ2) is 6.02. The van der Waals surface area contributed by atoms with Crippen molar-refractivity contribution in [3.63, 3.8) is 0 Å². The molecule has 3 N–H and O–H groups in total. The van der Waals surface area contributed by atoms with E-state index < -0.39 is 0 Å². The molecule has 0 aliphatic heterocycles. The minimum Gasteiger partial charge on any atom is -0.397 e. The van der Waals surface area contributed by atoms with Crippen LogP contribution in [0.4, 0.5) is 5.69 Å². The van der Waals surface area contributed by atoms with Crippen LogP contribution in [0.5, 0.6) is 0 Å². The van der Waals surface area contributed by atoms with E-state index in [9.17, 15) is 4.79 Å². The zero-order chi connectivity index (χ0) is 14.0. The van der Waals surface area contributed by atoms with Crippen LogP contribution in [0.1, 0.15) is 43.0 Å². The first kappa shape index (κ1) is 14.5. The molecule has 1 fully saturated rings. The Morgan fingerprint density at radius 3 is 2.63 bits per heavy atom. The lowest BCUT2D eigenvalue weighted by Crippen LogP contribution is -2.41. The lowest BCUT2D eigenvalue weighted by Gasteiger charge is -2.29. The second-order valence-corrected chi connectivity index (χ2v) is 5.99. The van der Waals surface area contributed by atoms with E-state index in [4.69, 9.17) is 28.9 Å². The molecule has 0 aromatic heterocycles. The fourth-order valence-electron chi connectivity index (χ4n) is 2.52. The van der Waals surface area contributed by atoms with Gasteiger partial charge in [0.05, 0.1) is 15.7 Å². The van der Waals surface area contributed by atoms with Crippen LogP contribution >= 0.6 is 23.2 Å². The van der Waals surface area contributed by atoms with Crippen LogP contribution in [-0.4, -0.2) is 11.9 Å². The number of nitrogens with one attached hydrogen (secondary N) is 1. The van der Waals surface area contributed by atoms with Gasteiger partial charge in [-0.25, -0.2) is 0 Å². The van der Waals surface area contributed by atoms with Gasteiger partial charge >= 0.3 is 0 Å². The number of hydrogen-bond acceptors (Lipinski definition) is 2. The third-order valence-electron chi connectivity index (χ3n) is 3.75. The summed E-state index contributed by atoms with van der Waals surface area (Å²) in [5, 5.41) is 3.67. The summed E-state index contributed by atoms with van der Waals surface area (Å²) in [5.74, 6) is 0.377. The highest BCUT2D eigenvalue weighted by Gasteiger charge is 2.23. The van der Waals surface area contributed by atoms with Gasteiger partial charge in [-0.1, -0.05) is 43.0 Å². The van der Waals surface area contributed by atoms with Gasteiger partial charge in [0, 0.05) is 11.6 Å². The summed E-state index contributed by atoms with van der Waals surface area (Å²) in [5.41, 5.74) is 6.52. The highest BCUT2D eigenvalue weighted by atomic mass is 35.5. The minimum absolute atomic E-state index is 0.135. The molecule has 0 heterocycles. The molecule has 19 heavy (non-hydrogen) atoms. The van der Waals surface area contributed by atoms with E-state index in [0.717, 1.165) is 12.8 Å². The van der Waals surface area contributed by atoms with E-state index in [1.54, 1.807) is 12.1 Å². The molecule has 1 saturated carbocycles. The molecule has 5 heteroatoms. The lowest BCUT2D eigenvalue weighted by atomic mass is 9.86. The van der Waals surface area contributed by atoms with Gasteiger partial charge in [-0.05, 0) is 30.9 Å². The Balaban J connectivity index is 2.11. The van der Waals surface area contributed by atoms with Crippen LogP contribution in [-0.2, 0) is 0 Å². The van der Waals surface area contributed by atoms with Crippen molar-refractivity contribution in [2.75, 3.05) is 5.73 Å². The Kier molecular flexibility index (Phi) is 4.58. The fraction of sp³-hybridized carbons (Fsp3) is 0.500. The average Bonchev–Trinajstić information content (AvgIpc) is 2.38. The number of amides is 1. The summed E-state index contributed by atoms with van der Waals surface area (Å²) in [6.45, 7) is 2.17. The molecule has 1 aromatic carbocycles. The predicted octanol–water partition coefficient (Wildman–Crippen LogP) is 3.88. The molecule has 0 saturated heterocycles. The zero-order valence-corrected chi connectivity index (χ0v) is 12.4.